The van der Waals surface area contributed by atoms with Crippen molar-refractivity contribution in [2.24, 2.45) is 0 Å². The molecule has 0 saturated heterocycles. The van der Waals surface area contributed by atoms with E-state index in [9.17, 15) is 0 Å². The third-order valence-corrected chi connectivity index (χ3v) is 11.8. The Morgan fingerprint density at radius 2 is 1.16 bits per heavy atom. The van der Waals surface area contributed by atoms with Crippen molar-refractivity contribution in [2.75, 3.05) is 11.4 Å². The molecule has 11 rings (SSSR count). The predicted octanol–water partition coefficient (Wildman–Crippen LogP) is 14.7. The summed E-state index contributed by atoms with van der Waals surface area (Å²) in [5.74, 6) is 1.01. The second-order valence-corrected chi connectivity index (χ2v) is 15.0. The van der Waals surface area contributed by atoms with E-state index in [1.54, 1.807) is 0 Å². The Morgan fingerprint density at radius 1 is 0.500 bits per heavy atom. The largest absolute Gasteiger partial charge is 0.456 e. The second-order valence-electron chi connectivity index (χ2n) is 15.0. The Bertz CT molecular complexity index is 3030. The maximum atomic E-state index is 6.50. The van der Waals surface area contributed by atoms with Gasteiger partial charge in [-0.1, -0.05) is 152 Å². The molecular formula is C54H39NO. The monoisotopic (exact) mass is 717 g/mol. The predicted molar refractivity (Wildman–Crippen MR) is 238 cm³/mol. The lowest BCUT2D eigenvalue weighted by Crippen LogP contribution is -2.18. The van der Waals surface area contributed by atoms with E-state index in [2.05, 4.69) is 193 Å². The average molecular weight is 718 g/mol. The topological polar surface area (TPSA) is 16.4 Å². The van der Waals surface area contributed by atoms with Gasteiger partial charge in [-0.3, -0.25) is 0 Å². The molecule has 8 aromatic carbocycles. The van der Waals surface area contributed by atoms with Gasteiger partial charge in [0.2, 0.25) is 0 Å². The van der Waals surface area contributed by atoms with E-state index < -0.39 is 0 Å². The van der Waals surface area contributed by atoms with Crippen molar-refractivity contribution < 1.29 is 4.42 Å². The normalized spacial score (nSPS) is 15.0. The number of benzene rings is 8. The van der Waals surface area contributed by atoms with Gasteiger partial charge in [-0.05, 0) is 121 Å². The third kappa shape index (κ3) is 5.40. The molecule has 1 aliphatic heterocycles. The quantitative estimate of drug-likeness (QED) is 0.169. The Kier molecular flexibility index (Phi) is 7.81. The van der Waals surface area contributed by atoms with Gasteiger partial charge in [-0.2, -0.15) is 0 Å². The van der Waals surface area contributed by atoms with Crippen LogP contribution in [0.25, 0.3) is 82.7 Å². The molecule has 266 valence electrons. The zero-order chi connectivity index (χ0) is 37.0. The standard InChI is InChI=1S/C54H39NO/c1-2-12-33-55(50-32-29-39(35-40(50)16-3-1)43-22-13-23-49-44-17-10-11-24-51(44)56-54(43)49)42-30-27-37(28-31-42)52-45-18-6-8-20-47(45)53(48-21-9-7-19-46(48)52)41-26-25-36-14-4-5-15-38(36)34-41/h1-9,11-15,18-32,34-35H,10,16-17,33H2/b3-1-,12-2-. The van der Waals surface area contributed by atoms with Gasteiger partial charge < -0.3 is 9.32 Å². The summed E-state index contributed by atoms with van der Waals surface area (Å²) in [5, 5.41) is 8.82. The molecule has 9 aromatic rings. The van der Waals surface area contributed by atoms with Crippen molar-refractivity contribution >= 4 is 60.7 Å². The summed E-state index contributed by atoms with van der Waals surface area (Å²) < 4.78 is 6.50. The van der Waals surface area contributed by atoms with Crippen molar-refractivity contribution in [1.82, 2.24) is 0 Å². The molecule has 2 heterocycles. The van der Waals surface area contributed by atoms with Crippen molar-refractivity contribution in [2.45, 2.75) is 19.3 Å². The van der Waals surface area contributed by atoms with Gasteiger partial charge in [0, 0.05) is 34.4 Å². The minimum atomic E-state index is 0.773. The number of anilines is 2. The first-order valence-electron chi connectivity index (χ1n) is 19.7. The number of fused-ring (bicyclic) bond motifs is 7. The highest BCUT2D eigenvalue weighted by atomic mass is 16.3. The molecule has 56 heavy (non-hydrogen) atoms. The minimum absolute atomic E-state index is 0.773. The summed E-state index contributed by atoms with van der Waals surface area (Å²) >= 11 is 0. The molecule has 0 saturated carbocycles. The van der Waals surface area contributed by atoms with Crippen LogP contribution >= 0.6 is 0 Å². The van der Waals surface area contributed by atoms with Gasteiger partial charge in [0.1, 0.15) is 11.3 Å². The molecule has 0 bridgehead atoms. The number of aryl methyl sites for hydroxylation is 1. The second kappa shape index (κ2) is 13.4. The highest BCUT2D eigenvalue weighted by Gasteiger charge is 2.21. The number of hydrogen-bond donors (Lipinski definition) is 0. The van der Waals surface area contributed by atoms with Crippen molar-refractivity contribution in [3.05, 3.63) is 199 Å². The van der Waals surface area contributed by atoms with Crippen molar-refractivity contribution in [3.63, 3.8) is 0 Å². The maximum Gasteiger partial charge on any atom is 0.142 e. The van der Waals surface area contributed by atoms with Gasteiger partial charge in [0.15, 0.2) is 0 Å². The summed E-state index contributed by atoms with van der Waals surface area (Å²) in [6.45, 7) is 0.773. The van der Waals surface area contributed by atoms with Gasteiger partial charge in [0.05, 0.1) is 0 Å². The summed E-state index contributed by atoms with van der Waals surface area (Å²) in [6, 6.07) is 56.1. The van der Waals surface area contributed by atoms with Crippen LogP contribution in [-0.4, -0.2) is 6.54 Å². The maximum absolute atomic E-state index is 6.50. The Morgan fingerprint density at radius 3 is 1.95 bits per heavy atom. The summed E-state index contributed by atoms with van der Waals surface area (Å²) in [4.78, 5) is 2.45. The molecule has 2 heteroatoms. The highest BCUT2D eigenvalue weighted by Crippen LogP contribution is 2.45. The lowest BCUT2D eigenvalue weighted by atomic mass is 9.85. The van der Waals surface area contributed by atoms with E-state index in [0.29, 0.717) is 0 Å². The van der Waals surface area contributed by atoms with Gasteiger partial charge in [-0.15, -0.1) is 0 Å². The molecule has 0 spiro atoms. The summed E-state index contributed by atoms with van der Waals surface area (Å²) in [7, 11) is 0. The molecule has 0 radical (unpaired) electrons. The summed E-state index contributed by atoms with van der Waals surface area (Å²) in [6.07, 6.45) is 16.2. The van der Waals surface area contributed by atoms with Crippen LogP contribution in [0.3, 0.4) is 0 Å². The van der Waals surface area contributed by atoms with E-state index in [1.165, 1.54) is 88.0 Å². The first kappa shape index (κ1) is 32.5. The molecule has 0 unspecified atom stereocenters. The molecular weight excluding hydrogens is 679 g/mol. The fourth-order valence-electron chi connectivity index (χ4n) is 9.17. The Labute approximate surface area is 327 Å². The zero-order valence-electron chi connectivity index (χ0n) is 31.1. The van der Waals surface area contributed by atoms with Crippen molar-refractivity contribution in [3.8, 4) is 33.4 Å². The van der Waals surface area contributed by atoms with Crippen LogP contribution in [0.15, 0.2) is 186 Å². The average Bonchev–Trinajstić information content (AvgIpc) is 3.68. The van der Waals surface area contributed by atoms with Crippen LogP contribution in [0, 0.1) is 0 Å². The van der Waals surface area contributed by atoms with Gasteiger partial charge in [0.25, 0.3) is 0 Å². The van der Waals surface area contributed by atoms with Crippen LogP contribution < -0.4 is 4.90 Å². The Balaban J connectivity index is 1.01. The number of nitrogens with zero attached hydrogens (tertiary/aromatic N) is 1. The van der Waals surface area contributed by atoms with E-state index in [0.717, 1.165) is 42.7 Å². The molecule has 1 aromatic heterocycles. The molecule has 0 fully saturated rings. The fraction of sp³-hybridized carbons (Fsp3) is 0.0741. The molecule has 0 atom stereocenters. The molecule has 2 aliphatic rings. The van der Waals surface area contributed by atoms with Crippen LogP contribution in [0.4, 0.5) is 11.4 Å². The minimum Gasteiger partial charge on any atom is -0.456 e. The molecule has 1 aliphatic carbocycles. The summed E-state index contributed by atoms with van der Waals surface area (Å²) in [5.41, 5.74) is 13.4. The molecule has 0 amide bonds. The van der Waals surface area contributed by atoms with E-state index in [1.807, 2.05) is 0 Å². The number of allylic oxidation sites excluding steroid dienone is 4. The van der Waals surface area contributed by atoms with Crippen LogP contribution in [0.2, 0.25) is 0 Å². The highest BCUT2D eigenvalue weighted by molar-refractivity contribution is 6.21. The number of para-hydroxylation sites is 1. The lowest BCUT2D eigenvalue weighted by Gasteiger charge is -2.27. The smallest absolute Gasteiger partial charge is 0.142 e. The number of furan rings is 1. The lowest BCUT2D eigenvalue weighted by molar-refractivity contribution is 0.596. The Hall–Kier alpha value is -6.90. The fourth-order valence-corrected chi connectivity index (χ4v) is 9.17. The molecule has 0 N–H and O–H groups in total. The third-order valence-electron chi connectivity index (χ3n) is 11.8. The number of hydrogen-bond acceptors (Lipinski definition) is 2. The van der Waals surface area contributed by atoms with Gasteiger partial charge in [-0.25, -0.2) is 0 Å². The van der Waals surface area contributed by atoms with Gasteiger partial charge >= 0.3 is 0 Å². The SMILES string of the molecule is C1=Cc2oc3c(-c4ccc5c(c4)C/C=C\C=C/CN5c4ccc(-c5c6ccccc6c(-c6ccc7ccccc7c6)c6ccccc56)cc4)cccc3c2CC1. The first-order chi connectivity index (χ1) is 27.8. The van der Waals surface area contributed by atoms with E-state index in [-0.39, 0.29) is 0 Å². The van der Waals surface area contributed by atoms with E-state index in [4.69, 9.17) is 4.42 Å². The van der Waals surface area contributed by atoms with E-state index >= 15 is 0 Å². The number of rotatable bonds is 4. The molecule has 2 nitrogen and oxygen atoms in total. The van der Waals surface area contributed by atoms with Crippen LogP contribution in [0.5, 0.6) is 0 Å². The van der Waals surface area contributed by atoms with Crippen LogP contribution in [-0.2, 0) is 12.8 Å². The first-order valence-corrected chi connectivity index (χ1v) is 19.7. The van der Waals surface area contributed by atoms with Crippen LogP contribution in [0.1, 0.15) is 23.3 Å². The van der Waals surface area contributed by atoms with Crippen molar-refractivity contribution in [1.29, 1.82) is 0 Å². The zero-order valence-corrected chi connectivity index (χ0v) is 31.1.